The summed E-state index contributed by atoms with van der Waals surface area (Å²) >= 11 is 13.9. The van der Waals surface area contributed by atoms with Gasteiger partial charge in [-0.3, -0.25) is 0 Å². The molecule has 0 spiro atoms. The summed E-state index contributed by atoms with van der Waals surface area (Å²) in [5.41, 5.74) is 0.260. The average Bonchev–Trinajstić information content (AvgIpc) is 2.62. The van der Waals surface area contributed by atoms with Crippen molar-refractivity contribution in [2.24, 2.45) is 0 Å². The van der Waals surface area contributed by atoms with Crippen LogP contribution >= 0.6 is 54.8 Å². The molecule has 1 heterocycles. The number of rotatable bonds is 2. The van der Waals surface area contributed by atoms with Gasteiger partial charge in [-0.05, 0) is 28.1 Å². The molecule has 1 atom stereocenters. The second-order valence-electron chi connectivity index (χ2n) is 3.28. The summed E-state index contributed by atoms with van der Waals surface area (Å²) in [6, 6.07) is 5.90. The molecule has 90 valence electrons. The fraction of sp³-hybridized carbons (Fsp3) is 0.0909. The summed E-state index contributed by atoms with van der Waals surface area (Å²) < 4.78 is 28.0. The van der Waals surface area contributed by atoms with Crippen molar-refractivity contribution >= 4 is 54.8 Å². The first kappa shape index (κ1) is 13.5. The number of benzene rings is 1. The molecule has 2 rings (SSSR count). The van der Waals surface area contributed by atoms with Crippen LogP contribution in [-0.2, 0) is 0 Å². The van der Waals surface area contributed by atoms with Crippen LogP contribution in [0.4, 0.5) is 8.78 Å². The number of halogens is 5. The van der Waals surface area contributed by atoms with Crippen molar-refractivity contribution in [2.75, 3.05) is 0 Å². The van der Waals surface area contributed by atoms with Gasteiger partial charge in [-0.2, -0.15) is 0 Å². The van der Waals surface area contributed by atoms with Crippen LogP contribution in [0, 0.1) is 11.6 Å². The summed E-state index contributed by atoms with van der Waals surface area (Å²) in [6.07, 6.45) is 0. The monoisotopic (exact) mass is 400 g/mol. The van der Waals surface area contributed by atoms with Gasteiger partial charge in [0.2, 0.25) is 0 Å². The van der Waals surface area contributed by atoms with Gasteiger partial charge in [-0.25, -0.2) is 8.78 Å². The molecule has 0 bridgehead atoms. The van der Waals surface area contributed by atoms with Gasteiger partial charge < -0.3 is 0 Å². The summed E-state index contributed by atoms with van der Waals surface area (Å²) in [6.45, 7) is 0. The van der Waals surface area contributed by atoms with E-state index in [0.29, 0.717) is 4.34 Å². The molecule has 0 radical (unpaired) electrons. The quantitative estimate of drug-likeness (QED) is 0.547. The normalized spacial score (nSPS) is 12.8. The van der Waals surface area contributed by atoms with Crippen LogP contribution in [0.25, 0.3) is 0 Å². The van der Waals surface area contributed by atoms with Crippen LogP contribution in [0.5, 0.6) is 0 Å². The number of hydrogen-bond acceptors (Lipinski definition) is 1. The van der Waals surface area contributed by atoms with Crippen molar-refractivity contribution in [3.8, 4) is 0 Å². The lowest BCUT2D eigenvalue weighted by Crippen LogP contribution is -1.97. The maximum atomic E-state index is 13.6. The fourth-order valence-electron chi connectivity index (χ4n) is 1.36. The first-order valence-corrected chi connectivity index (χ1v) is 7.43. The van der Waals surface area contributed by atoms with Crippen LogP contribution < -0.4 is 0 Å². The van der Waals surface area contributed by atoms with E-state index in [1.54, 1.807) is 12.1 Å². The molecule has 1 unspecified atom stereocenters. The Labute approximate surface area is 123 Å². The SMILES string of the molecule is Fc1cccc(C(Br)c2cc(Br)c(Cl)s2)c1F. The lowest BCUT2D eigenvalue weighted by Gasteiger charge is -2.09. The van der Waals surface area contributed by atoms with E-state index < -0.39 is 16.5 Å². The van der Waals surface area contributed by atoms with E-state index in [-0.39, 0.29) is 5.56 Å². The Morgan fingerprint density at radius 2 is 2.00 bits per heavy atom. The average molecular weight is 402 g/mol. The molecule has 0 nitrogen and oxygen atoms in total. The van der Waals surface area contributed by atoms with Gasteiger partial charge in [-0.1, -0.05) is 39.7 Å². The molecule has 0 aliphatic heterocycles. The Morgan fingerprint density at radius 1 is 1.29 bits per heavy atom. The molecule has 17 heavy (non-hydrogen) atoms. The molecule has 0 aliphatic carbocycles. The Balaban J connectivity index is 2.43. The topological polar surface area (TPSA) is 0 Å². The third kappa shape index (κ3) is 2.72. The zero-order valence-corrected chi connectivity index (χ0v) is 12.9. The highest BCUT2D eigenvalue weighted by Crippen LogP contribution is 2.41. The third-order valence-corrected chi connectivity index (χ3v) is 6.00. The zero-order chi connectivity index (χ0) is 12.6. The van der Waals surface area contributed by atoms with Gasteiger partial charge in [0.15, 0.2) is 11.6 Å². The summed E-state index contributed by atoms with van der Waals surface area (Å²) in [5, 5.41) is 0. The van der Waals surface area contributed by atoms with Gasteiger partial charge >= 0.3 is 0 Å². The highest BCUT2D eigenvalue weighted by molar-refractivity contribution is 9.10. The van der Waals surface area contributed by atoms with E-state index in [1.807, 2.05) is 0 Å². The molecular formula is C11H5Br2ClF2S. The minimum Gasteiger partial charge on any atom is -0.204 e. The van der Waals surface area contributed by atoms with Crippen molar-refractivity contribution in [3.63, 3.8) is 0 Å². The second kappa shape index (κ2) is 5.34. The Hall–Kier alpha value is 0.0300. The van der Waals surface area contributed by atoms with Gasteiger partial charge in [0.25, 0.3) is 0 Å². The molecule has 2 aromatic rings. The first-order valence-electron chi connectivity index (χ1n) is 4.53. The number of thiophene rings is 1. The van der Waals surface area contributed by atoms with Crippen LogP contribution in [0.15, 0.2) is 28.7 Å². The second-order valence-corrected chi connectivity index (χ2v) is 6.73. The van der Waals surface area contributed by atoms with Crippen LogP contribution in [0.2, 0.25) is 4.34 Å². The highest BCUT2D eigenvalue weighted by Gasteiger charge is 2.20. The minimum atomic E-state index is -0.853. The van der Waals surface area contributed by atoms with E-state index in [1.165, 1.54) is 17.4 Å². The standard InChI is InChI=1S/C11H5Br2ClF2S/c12-6-4-8(17-11(6)14)9(13)5-2-1-3-7(15)10(5)16/h1-4,9H. The predicted octanol–water partition coefficient (Wildman–Crippen LogP) is 5.93. The Kier molecular flexibility index (Phi) is 4.23. The van der Waals surface area contributed by atoms with Gasteiger partial charge in [0, 0.05) is 14.9 Å². The minimum absolute atomic E-state index is 0.260. The number of hydrogen-bond donors (Lipinski definition) is 0. The highest BCUT2D eigenvalue weighted by atomic mass is 79.9. The Morgan fingerprint density at radius 3 is 2.59 bits per heavy atom. The third-order valence-electron chi connectivity index (χ3n) is 2.17. The zero-order valence-electron chi connectivity index (χ0n) is 8.18. The first-order chi connectivity index (χ1) is 8.00. The van der Waals surface area contributed by atoms with E-state index in [2.05, 4.69) is 31.9 Å². The largest absolute Gasteiger partial charge is 0.204 e. The molecule has 0 N–H and O–H groups in total. The van der Waals surface area contributed by atoms with Gasteiger partial charge in [-0.15, -0.1) is 11.3 Å². The fourth-order valence-corrected chi connectivity index (χ4v) is 3.86. The van der Waals surface area contributed by atoms with Crippen LogP contribution in [0.1, 0.15) is 15.3 Å². The Bertz CT molecular complexity index is 537. The summed E-state index contributed by atoms with van der Waals surface area (Å²) in [7, 11) is 0. The van der Waals surface area contributed by atoms with Crippen LogP contribution in [-0.4, -0.2) is 0 Å². The summed E-state index contributed by atoms with van der Waals surface area (Å²) in [5.74, 6) is -1.69. The van der Waals surface area contributed by atoms with Crippen molar-refractivity contribution < 1.29 is 8.78 Å². The molecule has 0 aliphatic rings. The molecule has 0 amide bonds. The van der Waals surface area contributed by atoms with Crippen molar-refractivity contribution in [2.45, 2.75) is 4.83 Å². The lowest BCUT2D eigenvalue weighted by atomic mass is 10.1. The van der Waals surface area contributed by atoms with Crippen molar-refractivity contribution in [1.82, 2.24) is 0 Å². The van der Waals surface area contributed by atoms with E-state index >= 15 is 0 Å². The molecule has 1 aromatic heterocycles. The molecular weight excluding hydrogens is 397 g/mol. The van der Waals surface area contributed by atoms with E-state index in [4.69, 9.17) is 11.6 Å². The molecule has 6 heteroatoms. The lowest BCUT2D eigenvalue weighted by molar-refractivity contribution is 0.501. The predicted molar refractivity (Wildman–Crippen MR) is 74.2 cm³/mol. The molecule has 1 aromatic carbocycles. The summed E-state index contributed by atoms with van der Waals surface area (Å²) in [4.78, 5) is 0.401. The van der Waals surface area contributed by atoms with Gasteiger partial charge in [0.05, 0.1) is 4.83 Å². The molecule has 0 saturated carbocycles. The van der Waals surface area contributed by atoms with Gasteiger partial charge in [0.1, 0.15) is 4.34 Å². The van der Waals surface area contributed by atoms with Crippen LogP contribution in [0.3, 0.4) is 0 Å². The molecule has 0 fully saturated rings. The number of alkyl halides is 1. The van der Waals surface area contributed by atoms with E-state index in [0.717, 1.165) is 15.4 Å². The maximum absolute atomic E-state index is 13.6. The van der Waals surface area contributed by atoms with E-state index in [9.17, 15) is 8.78 Å². The molecule has 0 saturated heterocycles. The van der Waals surface area contributed by atoms with Crippen molar-refractivity contribution in [1.29, 1.82) is 0 Å². The van der Waals surface area contributed by atoms with Crippen molar-refractivity contribution in [3.05, 3.63) is 55.1 Å². The smallest absolute Gasteiger partial charge is 0.163 e. The maximum Gasteiger partial charge on any atom is 0.163 e.